The van der Waals surface area contributed by atoms with Gasteiger partial charge in [0, 0.05) is 12.6 Å². The van der Waals surface area contributed by atoms with E-state index < -0.39 is 0 Å². The topological polar surface area (TPSA) is 20.3 Å². The largest absolute Gasteiger partial charge is 0.338 e. The van der Waals surface area contributed by atoms with E-state index in [1.807, 2.05) is 4.90 Å². The van der Waals surface area contributed by atoms with Crippen molar-refractivity contribution in [3.8, 4) is 0 Å². The molecule has 0 aromatic heterocycles. The van der Waals surface area contributed by atoms with Gasteiger partial charge in [-0.2, -0.15) is 0 Å². The van der Waals surface area contributed by atoms with Crippen LogP contribution in [0.15, 0.2) is 0 Å². The Bertz CT molecular complexity index is 207. The van der Waals surface area contributed by atoms with E-state index in [1.165, 1.54) is 32.1 Å². The Kier molecular flexibility index (Phi) is 2.77. The lowest BCUT2D eigenvalue weighted by molar-refractivity contribution is -0.130. The highest BCUT2D eigenvalue weighted by molar-refractivity contribution is 6.27. The van der Waals surface area contributed by atoms with Crippen molar-refractivity contribution in [2.24, 2.45) is 5.92 Å². The van der Waals surface area contributed by atoms with Crippen LogP contribution in [0.3, 0.4) is 0 Å². The lowest BCUT2D eigenvalue weighted by Crippen LogP contribution is -2.39. The summed E-state index contributed by atoms with van der Waals surface area (Å²) in [5.41, 5.74) is 0. The van der Waals surface area contributed by atoms with Gasteiger partial charge in [-0.25, -0.2) is 0 Å². The molecule has 0 aromatic rings. The van der Waals surface area contributed by atoms with Gasteiger partial charge in [0.05, 0.1) is 0 Å². The van der Waals surface area contributed by atoms with Gasteiger partial charge in [0.15, 0.2) is 0 Å². The van der Waals surface area contributed by atoms with Gasteiger partial charge in [-0.05, 0) is 25.2 Å². The molecule has 1 aliphatic heterocycles. The zero-order valence-electron chi connectivity index (χ0n) is 7.84. The number of carbonyl (C=O) groups is 1. The summed E-state index contributed by atoms with van der Waals surface area (Å²) in [6.07, 6.45) is 6.36. The summed E-state index contributed by atoms with van der Waals surface area (Å²) >= 11 is 5.57. The zero-order chi connectivity index (χ0) is 9.26. The Balaban J connectivity index is 2.02. The predicted molar refractivity (Wildman–Crippen MR) is 52.8 cm³/mol. The van der Waals surface area contributed by atoms with Crippen LogP contribution >= 0.6 is 11.6 Å². The molecule has 1 heterocycles. The third kappa shape index (κ3) is 1.69. The molecular weight excluding hydrogens is 186 g/mol. The summed E-state index contributed by atoms with van der Waals surface area (Å²) in [5.74, 6) is 1.07. The van der Waals surface area contributed by atoms with Gasteiger partial charge in [-0.15, -0.1) is 11.6 Å². The van der Waals surface area contributed by atoms with Crippen molar-refractivity contribution in [2.75, 3.05) is 12.4 Å². The second kappa shape index (κ2) is 3.87. The Morgan fingerprint density at radius 2 is 2.08 bits per heavy atom. The van der Waals surface area contributed by atoms with Crippen LogP contribution in [0.25, 0.3) is 0 Å². The molecule has 2 aliphatic rings. The first-order valence-electron chi connectivity index (χ1n) is 5.18. The second-order valence-corrected chi connectivity index (χ2v) is 4.39. The monoisotopic (exact) mass is 201 g/mol. The Morgan fingerprint density at radius 3 is 2.85 bits per heavy atom. The molecule has 2 atom stereocenters. The standard InChI is InChI=1S/C10H16ClNO/c11-7-10(13)12-6-5-8-3-1-2-4-9(8)12/h8-9H,1-7H2/t8-,9-/m1/s1. The minimum atomic E-state index is 0.135. The minimum absolute atomic E-state index is 0.135. The van der Waals surface area contributed by atoms with Crippen LogP contribution in [0, 0.1) is 5.92 Å². The normalized spacial score (nSPS) is 33.2. The van der Waals surface area contributed by atoms with Crippen LogP contribution in [0.2, 0.25) is 0 Å². The molecule has 2 nitrogen and oxygen atoms in total. The van der Waals surface area contributed by atoms with Crippen LogP contribution in [-0.4, -0.2) is 29.3 Å². The fourth-order valence-electron chi connectivity index (χ4n) is 2.79. The summed E-state index contributed by atoms with van der Waals surface area (Å²) in [6.45, 7) is 0.945. The molecule has 1 saturated heterocycles. The van der Waals surface area contributed by atoms with Gasteiger partial charge in [0.2, 0.25) is 5.91 Å². The Morgan fingerprint density at radius 1 is 1.31 bits per heavy atom. The number of nitrogens with zero attached hydrogens (tertiary/aromatic N) is 1. The maximum Gasteiger partial charge on any atom is 0.237 e. The number of fused-ring (bicyclic) bond motifs is 1. The number of rotatable bonds is 1. The Hall–Kier alpha value is -0.240. The van der Waals surface area contributed by atoms with E-state index in [0.29, 0.717) is 6.04 Å². The minimum Gasteiger partial charge on any atom is -0.338 e. The van der Waals surface area contributed by atoms with Crippen LogP contribution in [0.4, 0.5) is 0 Å². The third-order valence-electron chi connectivity index (χ3n) is 3.44. The molecule has 13 heavy (non-hydrogen) atoms. The average molecular weight is 202 g/mol. The molecule has 2 rings (SSSR count). The van der Waals surface area contributed by atoms with Gasteiger partial charge in [-0.3, -0.25) is 4.79 Å². The summed E-state index contributed by atoms with van der Waals surface area (Å²) in [6, 6.07) is 0.528. The first-order chi connectivity index (χ1) is 6.33. The molecule has 0 spiro atoms. The molecular formula is C10H16ClNO. The molecule has 0 unspecified atom stereocenters. The number of hydrogen-bond acceptors (Lipinski definition) is 1. The van der Waals surface area contributed by atoms with E-state index in [-0.39, 0.29) is 11.8 Å². The van der Waals surface area contributed by atoms with Crippen LogP contribution < -0.4 is 0 Å². The number of amides is 1. The van der Waals surface area contributed by atoms with Crippen LogP contribution in [0.5, 0.6) is 0 Å². The SMILES string of the molecule is O=C(CCl)N1CC[C@H]2CCCC[C@H]21. The lowest BCUT2D eigenvalue weighted by atomic mass is 9.85. The second-order valence-electron chi connectivity index (χ2n) is 4.12. The number of halogens is 1. The number of carbonyl (C=O) groups excluding carboxylic acids is 1. The molecule has 1 saturated carbocycles. The van der Waals surface area contributed by atoms with E-state index in [9.17, 15) is 4.79 Å². The fourth-order valence-corrected chi connectivity index (χ4v) is 2.95. The molecule has 0 aromatic carbocycles. The predicted octanol–water partition coefficient (Wildman–Crippen LogP) is 2.02. The maximum atomic E-state index is 11.5. The van der Waals surface area contributed by atoms with Crippen molar-refractivity contribution in [2.45, 2.75) is 38.1 Å². The van der Waals surface area contributed by atoms with Gasteiger partial charge in [-0.1, -0.05) is 12.8 Å². The maximum absolute atomic E-state index is 11.5. The van der Waals surface area contributed by atoms with Crippen LogP contribution in [-0.2, 0) is 4.79 Å². The number of hydrogen-bond donors (Lipinski definition) is 0. The molecule has 1 amide bonds. The first kappa shape index (κ1) is 9.32. The molecule has 0 radical (unpaired) electrons. The highest BCUT2D eigenvalue weighted by Crippen LogP contribution is 2.36. The zero-order valence-corrected chi connectivity index (χ0v) is 8.59. The van der Waals surface area contributed by atoms with Crippen molar-refractivity contribution >= 4 is 17.5 Å². The van der Waals surface area contributed by atoms with Crippen LogP contribution in [0.1, 0.15) is 32.1 Å². The first-order valence-corrected chi connectivity index (χ1v) is 5.72. The summed E-state index contributed by atoms with van der Waals surface area (Å²) in [4.78, 5) is 13.5. The van der Waals surface area contributed by atoms with E-state index >= 15 is 0 Å². The molecule has 3 heteroatoms. The average Bonchev–Trinajstić information content (AvgIpc) is 2.60. The lowest BCUT2D eigenvalue weighted by Gasteiger charge is -2.31. The third-order valence-corrected chi connectivity index (χ3v) is 3.67. The highest BCUT2D eigenvalue weighted by Gasteiger charge is 2.37. The van der Waals surface area contributed by atoms with E-state index in [4.69, 9.17) is 11.6 Å². The molecule has 74 valence electrons. The van der Waals surface area contributed by atoms with Gasteiger partial charge in [0.1, 0.15) is 5.88 Å². The summed E-state index contributed by atoms with van der Waals surface area (Å²) < 4.78 is 0. The highest BCUT2D eigenvalue weighted by atomic mass is 35.5. The van der Waals surface area contributed by atoms with Crippen molar-refractivity contribution in [1.82, 2.24) is 4.90 Å². The van der Waals surface area contributed by atoms with E-state index in [2.05, 4.69) is 0 Å². The molecule has 2 fully saturated rings. The van der Waals surface area contributed by atoms with Gasteiger partial charge < -0.3 is 4.90 Å². The van der Waals surface area contributed by atoms with Gasteiger partial charge in [0.25, 0.3) is 0 Å². The Labute approximate surface area is 84.2 Å². The van der Waals surface area contributed by atoms with Gasteiger partial charge >= 0.3 is 0 Å². The van der Waals surface area contributed by atoms with E-state index in [0.717, 1.165) is 12.5 Å². The number of likely N-dealkylation sites (tertiary alicyclic amines) is 1. The molecule has 0 N–H and O–H groups in total. The van der Waals surface area contributed by atoms with Crippen molar-refractivity contribution in [3.05, 3.63) is 0 Å². The molecule has 0 bridgehead atoms. The molecule has 1 aliphatic carbocycles. The van der Waals surface area contributed by atoms with Crippen molar-refractivity contribution in [1.29, 1.82) is 0 Å². The van der Waals surface area contributed by atoms with Crippen molar-refractivity contribution < 1.29 is 4.79 Å². The summed E-state index contributed by atoms with van der Waals surface area (Å²) in [7, 11) is 0. The smallest absolute Gasteiger partial charge is 0.237 e. The summed E-state index contributed by atoms with van der Waals surface area (Å²) in [5, 5.41) is 0. The number of alkyl halides is 1. The van der Waals surface area contributed by atoms with Crippen molar-refractivity contribution in [3.63, 3.8) is 0 Å². The van der Waals surface area contributed by atoms with E-state index in [1.54, 1.807) is 0 Å². The quantitative estimate of drug-likeness (QED) is 0.595. The fraction of sp³-hybridized carbons (Fsp3) is 0.900.